The van der Waals surface area contributed by atoms with Crippen LogP contribution in [0.2, 0.25) is 0 Å². The Hall–Kier alpha value is -1.93. The Morgan fingerprint density at radius 3 is 2.52 bits per heavy atom. The smallest absolute Gasteiger partial charge is 0.340 e. The van der Waals surface area contributed by atoms with Gasteiger partial charge < -0.3 is 10.1 Å². The van der Waals surface area contributed by atoms with E-state index in [9.17, 15) is 18.0 Å². The number of benzene rings is 1. The van der Waals surface area contributed by atoms with Crippen molar-refractivity contribution in [3.8, 4) is 0 Å². The lowest BCUT2D eigenvalue weighted by Gasteiger charge is -2.26. The third kappa shape index (κ3) is 5.02. The molecule has 0 saturated carbocycles. The van der Waals surface area contributed by atoms with Crippen molar-refractivity contribution >= 4 is 21.9 Å². The van der Waals surface area contributed by atoms with Crippen molar-refractivity contribution in [3.63, 3.8) is 0 Å². The van der Waals surface area contributed by atoms with Gasteiger partial charge in [0.25, 0.3) is 5.91 Å². The lowest BCUT2D eigenvalue weighted by molar-refractivity contribution is -0.124. The van der Waals surface area contributed by atoms with E-state index >= 15 is 0 Å². The van der Waals surface area contributed by atoms with Crippen LogP contribution in [0.1, 0.15) is 43.0 Å². The number of carbonyl (C=O) groups excluding carboxylic acids is 2. The highest BCUT2D eigenvalue weighted by Gasteiger charge is 2.30. The van der Waals surface area contributed by atoms with Crippen LogP contribution in [0.15, 0.2) is 29.2 Å². The molecule has 1 aliphatic rings. The van der Waals surface area contributed by atoms with Crippen molar-refractivity contribution in [2.24, 2.45) is 0 Å². The number of esters is 1. The molecule has 1 fully saturated rings. The van der Waals surface area contributed by atoms with Crippen molar-refractivity contribution in [1.29, 1.82) is 0 Å². The molecule has 1 N–H and O–H groups in total. The Morgan fingerprint density at radius 1 is 1.16 bits per heavy atom. The molecule has 1 aromatic rings. The summed E-state index contributed by atoms with van der Waals surface area (Å²) in [5.41, 5.74) is -0.0450. The van der Waals surface area contributed by atoms with Crippen molar-refractivity contribution in [3.05, 3.63) is 29.8 Å². The van der Waals surface area contributed by atoms with Gasteiger partial charge in [0, 0.05) is 19.6 Å². The Bertz CT molecular complexity index is 712. The van der Waals surface area contributed by atoms with Gasteiger partial charge in [0.1, 0.15) is 0 Å². The minimum absolute atomic E-state index is 0.0450. The van der Waals surface area contributed by atoms with E-state index in [1.165, 1.54) is 16.4 Å². The number of sulfonamides is 1. The van der Waals surface area contributed by atoms with Gasteiger partial charge in [-0.1, -0.05) is 25.5 Å². The van der Waals surface area contributed by atoms with Crippen LogP contribution in [0.4, 0.5) is 0 Å². The zero-order valence-corrected chi connectivity index (χ0v) is 15.2. The molecule has 0 bridgehead atoms. The Morgan fingerprint density at radius 2 is 1.84 bits per heavy atom. The highest BCUT2D eigenvalue weighted by molar-refractivity contribution is 7.89. The first-order chi connectivity index (χ1) is 12.0. The third-order valence-electron chi connectivity index (χ3n) is 3.95. The van der Waals surface area contributed by atoms with Gasteiger partial charge >= 0.3 is 5.97 Å². The van der Waals surface area contributed by atoms with Gasteiger partial charge in [-0.25, -0.2) is 13.2 Å². The maximum atomic E-state index is 12.8. The molecule has 0 radical (unpaired) electrons. The second-order valence-electron chi connectivity index (χ2n) is 5.89. The molecule has 138 valence electrons. The van der Waals surface area contributed by atoms with Gasteiger partial charge in [0.05, 0.1) is 10.5 Å². The molecule has 1 saturated heterocycles. The van der Waals surface area contributed by atoms with Crippen LogP contribution in [0.25, 0.3) is 0 Å². The molecule has 8 heteroatoms. The van der Waals surface area contributed by atoms with Crippen LogP contribution >= 0.6 is 0 Å². The number of piperidine rings is 1. The highest BCUT2D eigenvalue weighted by Crippen LogP contribution is 2.24. The number of carbonyl (C=O) groups is 2. The lowest BCUT2D eigenvalue weighted by atomic mass is 10.2. The van der Waals surface area contributed by atoms with Crippen LogP contribution < -0.4 is 5.32 Å². The molecule has 25 heavy (non-hydrogen) atoms. The normalized spacial score (nSPS) is 15.6. The topological polar surface area (TPSA) is 92.8 Å². The molecule has 1 aromatic carbocycles. The first-order valence-corrected chi connectivity index (χ1v) is 9.94. The quantitative estimate of drug-likeness (QED) is 0.737. The summed E-state index contributed by atoms with van der Waals surface area (Å²) in [6.07, 6.45) is 3.39. The minimum atomic E-state index is -3.76. The summed E-state index contributed by atoms with van der Waals surface area (Å²) in [7, 11) is -3.76. The molecule has 2 rings (SSSR count). The Labute approximate surface area is 148 Å². The number of amides is 1. The number of hydrogen-bond acceptors (Lipinski definition) is 5. The van der Waals surface area contributed by atoms with E-state index in [-0.39, 0.29) is 10.5 Å². The molecule has 1 amide bonds. The first-order valence-electron chi connectivity index (χ1n) is 8.50. The predicted molar refractivity (Wildman–Crippen MR) is 92.6 cm³/mol. The van der Waals surface area contributed by atoms with E-state index in [2.05, 4.69) is 5.32 Å². The van der Waals surface area contributed by atoms with Gasteiger partial charge in [0.15, 0.2) is 6.61 Å². The summed E-state index contributed by atoms with van der Waals surface area (Å²) in [6, 6.07) is 5.95. The number of nitrogens with zero attached hydrogens (tertiary/aromatic N) is 1. The average molecular weight is 368 g/mol. The zero-order valence-electron chi connectivity index (χ0n) is 14.4. The zero-order chi connectivity index (χ0) is 18.3. The number of rotatable bonds is 7. The van der Waals surface area contributed by atoms with Crippen molar-refractivity contribution in [2.45, 2.75) is 37.5 Å². The summed E-state index contributed by atoms with van der Waals surface area (Å²) in [5.74, 6) is -1.23. The number of ether oxygens (including phenoxy) is 1. The van der Waals surface area contributed by atoms with Gasteiger partial charge in [-0.2, -0.15) is 4.31 Å². The van der Waals surface area contributed by atoms with E-state index in [1.54, 1.807) is 12.1 Å². The van der Waals surface area contributed by atoms with Crippen LogP contribution in [0.5, 0.6) is 0 Å². The minimum Gasteiger partial charge on any atom is -0.452 e. The Balaban J connectivity index is 2.14. The summed E-state index contributed by atoms with van der Waals surface area (Å²) in [4.78, 5) is 23.8. The van der Waals surface area contributed by atoms with E-state index in [4.69, 9.17) is 4.74 Å². The summed E-state index contributed by atoms with van der Waals surface area (Å²) >= 11 is 0. The molecule has 1 aliphatic heterocycles. The number of nitrogens with one attached hydrogen (secondary N) is 1. The molecule has 7 nitrogen and oxygen atoms in total. The second-order valence-corrected chi connectivity index (χ2v) is 7.79. The predicted octanol–water partition coefficient (Wildman–Crippen LogP) is 1.54. The van der Waals surface area contributed by atoms with E-state index in [0.717, 1.165) is 25.7 Å². The van der Waals surface area contributed by atoms with E-state index in [1.807, 2.05) is 6.92 Å². The fraction of sp³-hybridized carbons (Fsp3) is 0.529. The fourth-order valence-corrected chi connectivity index (χ4v) is 4.33. The molecule has 1 heterocycles. The lowest BCUT2D eigenvalue weighted by Crippen LogP contribution is -2.36. The number of hydrogen-bond donors (Lipinski definition) is 1. The second kappa shape index (κ2) is 8.96. The van der Waals surface area contributed by atoms with Crippen LogP contribution in [-0.4, -0.2) is 50.8 Å². The highest BCUT2D eigenvalue weighted by atomic mass is 32.2. The largest absolute Gasteiger partial charge is 0.452 e. The van der Waals surface area contributed by atoms with E-state index < -0.39 is 28.5 Å². The third-order valence-corrected chi connectivity index (χ3v) is 5.90. The molecule has 0 aliphatic carbocycles. The van der Waals surface area contributed by atoms with Crippen molar-refractivity contribution in [2.75, 3.05) is 26.2 Å². The Kier molecular flexibility index (Phi) is 6.95. The first kappa shape index (κ1) is 19.4. The van der Waals surface area contributed by atoms with Crippen LogP contribution in [-0.2, 0) is 19.6 Å². The summed E-state index contributed by atoms with van der Waals surface area (Å²) < 4.78 is 32.0. The van der Waals surface area contributed by atoms with Crippen LogP contribution in [0.3, 0.4) is 0 Å². The average Bonchev–Trinajstić information content (AvgIpc) is 2.65. The maximum absolute atomic E-state index is 12.8. The molecule has 0 atom stereocenters. The SMILES string of the molecule is CCCNC(=O)COC(=O)c1ccccc1S(=O)(=O)N1CCCCC1. The van der Waals surface area contributed by atoms with Gasteiger partial charge in [0.2, 0.25) is 10.0 Å². The van der Waals surface area contributed by atoms with Gasteiger partial charge in [-0.15, -0.1) is 0 Å². The summed E-state index contributed by atoms with van der Waals surface area (Å²) in [6.45, 7) is 2.87. The standard InChI is InChI=1S/C17H24N2O5S/c1-2-10-18-16(20)13-24-17(21)14-8-4-5-9-15(14)25(22,23)19-11-6-3-7-12-19/h4-5,8-9H,2-3,6-7,10-13H2,1H3,(H,18,20). The molecule has 0 aromatic heterocycles. The van der Waals surface area contributed by atoms with Gasteiger partial charge in [-0.3, -0.25) is 4.79 Å². The van der Waals surface area contributed by atoms with Crippen LogP contribution in [0, 0.1) is 0 Å². The molecule has 0 spiro atoms. The maximum Gasteiger partial charge on any atom is 0.340 e. The monoisotopic (exact) mass is 368 g/mol. The summed E-state index contributed by atoms with van der Waals surface area (Å²) in [5, 5.41) is 2.59. The fourth-order valence-electron chi connectivity index (χ4n) is 2.63. The van der Waals surface area contributed by atoms with E-state index in [0.29, 0.717) is 19.6 Å². The molecule has 0 unspecified atom stereocenters. The molecular weight excluding hydrogens is 344 g/mol. The van der Waals surface area contributed by atoms with Crippen molar-refractivity contribution < 1.29 is 22.7 Å². The molecular formula is C17H24N2O5S. The van der Waals surface area contributed by atoms with Crippen molar-refractivity contribution in [1.82, 2.24) is 9.62 Å². The van der Waals surface area contributed by atoms with Gasteiger partial charge in [-0.05, 0) is 31.4 Å².